The molecular weight excluding hydrogens is 330 g/mol. The highest BCUT2D eigenvalue weighted by Gasteiger charge is 2.10. The van der Waals surface area contributed by atoms with Crippen molar-refractivity contribution in [2.24, 2.45) is 0 Å². The molecule has 0 atom stereocenters. The van der Waals surface area contributed by atoms with Crippen molar-refractivity contribution in [1.82, 2.24) is 0 Å². The molecule has 0 spiro atoms. The van der Waals surface area contributed by atoms with Gasteiger partial charge in [0, 0.05) is 27.5 Å². The second kappa shape index (κ2) is 6.60. The summed E-state index contributed by atoms with van der Waals surface area (Å²) in [4.78, 5) is 3.76. The van der Waals surface area contributed by atoms with Crippen LogP contribution in [-0.4, -0.2) is 6.54 Å². The van der Waals surface area contributed by atoms with E-state index in [1.807, 2.05) is 12.1 Å². The topological polar surface area (TPSA) is 3.24 Å². The number of nitrogens with zero attached hydrogens (tertiary/aromatic N) is 1. The number of hydrogen-bond donors (Lipinski definition) is 0. The number of rotatable bonds is 5. The van der Waals surface area contributed by atoms with Crippen molar-refractivity contribution in [2.45, 2.75) is 18.8 Å². The third-order valence-corrected chi connectivity index (χ3v) is 4.54. The molecule has 0 radical (unpaired) electrons. The molecule has 0 fully saturated rings. The van der Waals surface area contributed by atoms with Crippen LogP contribution >= 0.6 is 38.9 Å². The molecule has 4 heteroatoms. The first-order valence-electron chi connectivity index (χ1n) is 5.86. The number of halogens is 2. The highest BCUT2D eigenvalue weighted by Crippen LogP contribution is 2.28. The summed E-state index contributed by atoms with van der Waals surface area (Å²) in [5.74, 6) is 0. The standard InChI is InChI=1S/C14H15BrClNS/c1-2-17(10-13-4-3-7-18-13)14-6-5-12(16)8-11(14)9-15/h3-8H,2,9-10H2,1H3. The number of thiophene rings is 1. The molecule has 0 unspecified atom stereocenters. The summed E-state index contributed by atoms with van der Waals surface area (Å²) in [7, 11) is 0. The molecule has 1 aromatic carbocycles. The lowest BCUT2D eigenvalue weighted by Crippen LogP contribution is -2.22. The summed E-state index contributed by atoms with van der Waals surface area (Å²) < 4.78 is 0. The third-order valence-electron chi connectivity index (χ3n) is 2.83. The molecule has 0 amide bonds. The Bertz CT molecular complexity index is 499. The van der Waals surface area contributed by atoms with Crippen LogP contribution in [0.25, 0.3) is 0 Å². The summed E-state index contributed by atoms with van der Waals surface area (Å²) in [6, 6.07) is 10.4. The number of alkyl halides is 1. The maximum Gasteiger partial charge on any atom is 0.0522 e. The van der Waals surface area contributed by atoms with Crippen molar-refractivity contribution in [3.05, 3.63) is 51.2 Å². The Morgan fingerprint density at radius 3 is 2.78 bits per heavy atom. The highest BCUT2D eigenvalue weighted by molar-refractivity contribution is 9.08. The van der Waals surface area contributed by atoms with Gasteiger partial charge in [0.05, 0.1) is 6.54 Å². The van der Waals surface area contributed by atoms with E-state index < -0.39 is 0 Å². The van der Waals surface area contributed by atoms with Gasteiger partial charge < -0.3 is 4.90 Å². The summed E-state index contributed by atoms with van der Waals surface area (Å²) in [5, 5.41) is 3.74. The normalized spacial score (nSPS) is 10.6. The van der Waals surface area contributed by atoms with Crippen LogP contribution in [-0.2, 0) is 11.9 Å². The van der Waals surface area contributed by atoms with Gasteiger partial charge in [-0.05, 0) is 42.1 Å². The Morgan fingerprint density at radius 1 is 1.33 bits per heavy atom. The van der Waals surface area contributed by atoms with Crippen molar-refractivity contribution < 1.29 is 0 Å². The van der Waals surface area contributed by atoms with Gasteiger partial charge in [0.25, 0.3) is 0 Å². The molecule has 1 nitrogen and oxygen atoms in total. The molecule has 0 saturated heterocycles. The minimum atomic E-state index is 0.792. The molecule has 1 aromatic heterocycles. The van der Waals surface area contributed by atoms with Crippen LogP contribution in [0.3, 0.4) is 0 Å². The second-order valence-electron chi connectivity index (χ2n) is 4.00. The van der Waals surface area contributed by atoms with E-state index in [9.17, 15) is 0 Å². The van der Waals surface area contributed by atoms with E-state index >= 15 is 0 Å². The zero-order valence-electron chi connectivity index (χ0n) is 10.2. The predicted molar refractivity (Wildman–Crippen MR) is 85.1 cm³/mol. The first-order chi connectivity index (χ1) is 8.74. The van der Waals surface area contributed by atoms with Crippen LogP contribution in [0, 0.1) is 0 Å². The molecule has 0 N–H and O–H groups in total. The van der Waals surface area contributed by atoms with E-state index in [-0.39, 0.29) is 0 Å². The van der Waals surface area contributed by atoms with Gasteiger partial charge in [0.1, 0.15) is 0 Å². The largest absolute Gasteiger partial charge is 0.366 e. The average molecular weight is 345 g/mol. The van der Waals surface area contributed by atoms with Crippen LogP contribution in [0.4, 0.5) is 5.69 Å². The summed E-state index contributed by atoms with van der Waals surface area (Å²) in [5.41, 5.74) is 2.49. The molecule has 0 saturated carbocycles. The molecule has 0 bridgehead atoms. The lowest BCUT2D eigenvalue weighted by Gasteiger charge is -2.25. The fourth-order valence-electron chi connectivity index (χ4n) is 1.93. The van der Waals surface area contributed by atoms with E-state index in [1.165, 1.54) is 16.1 Å². The van der Waals surface area contributed by atoms with Gasteiger partial charge >= 0.3 is 0 Å². The Labute approximate surface area is 126 Å². The SMILES string of the molecule is CCN(Cc1cccs1)c1ccc(Cl)cc1CBr. The summed E-state index contributed by atoms with van der Waals surface area (Å²) in [6.07, 6.45) is 0. The van der Waals surface area contributed by atoms with E-state index in [0.29, 0.717) is 0 Å². The lowest BCUT2D eigenvalue weighted by atomic mass is 10.1. The van der Waals surface area contributed by atoms with E-state index in [2.05, 4.69) is 51.3 Å². The van der Waals surface area contributed by atoms with E-state index in [4.69, 9.17) is 11.6 Å². The quantitative estimate of drug-likeness (QED) is 0.663. The monoisotopic (exact) mass is 343 g/mol. The number of hydrogen-bond acceptors (Lipinski definition) is 2. The molecule has 0 aliphatic rings. The molecule has 2 aromatic rings. The molecule has 0 aliphatic heterocycles. The van der Waals surface area contributed by atoms with Gasteiger partial charge in [-0.3, -0.25) is 0 Å². The van der Waals surface area contributed by atoms with Crippen LogP contribution in [0.2, 0.25) is 5.02 Å². The van der Waals surface area contributed by atoms with E-state index in [1.54, 1.807) is 11.3 Å². The zero-order chi connectivity index (χ0) is 13.0. The van der Waals surface area contributed by atoms with Crippen molar-refractivity contribution in [3.8, 4) is 0 Å². The second-order valence-corrected chi connectivity index (χ2v) is 6.03. The van der Waals surface area contributed by atoms with Gasteiger partial charge in [-0.15, -0.1) is 11.3 Å². The first kappa shape index (κ1) is 13.9. The van der Waals surface area contributed by atoms with Gasteiger partial charge in [-0.1, -0.05) is 33.6 Å². The van der Waals surface area contributed by atoms with Gasteiger partial charge in [0.2, 0.25) is 0 Å². The number of benzene rings is 1. The van der Waals surface area contributed by atoms with Crippen molar-refractivity contribution in [2.75, 3.05) is 11.4 Å². The Kier molecular flexibility index (Phi) is 5.10. The van der Waals surface area contributed by atoms with E-state index in [0.717, 1.165) is 23.4 Å². The third kappa shape index (κ3) is 3.28. The van der Waals surface area contributed by atoms with Crippen molar-refractivity contribution in [3.63, 3.8) is 0 Å². The summed E-state index contributed by atoms with van der Waals surface area (Å²) in [6.45, 7) is 4.12. The van der Waals surface area contributed by atoms with Gasteiger partial charge in [0.15, 0.2) is 0 Å². The van der Waals surface area contributed by atoms with Crippen LogP contribution in [0.15, 0.2) is 35.7 Å². The summed E-state index contributed by atoms with van der Waals surface area (Å²) >= 11 is 11.4. The molecule has 2 rings (SSSR count). The maximum absolute atomic E-state index is 6.05. The van der Waals surface area contributed by atoms with Crippen molar-refractivity contribution >= 4 is 44.6 Å². The minimum Gasteiger partial charge on any atom is -0.366 e. The number of anilines is 1. The highest BCUT2D eigenvalue weighted by atomic mass is 79.9. The van der Waals surface area contributed by atoms with Crippen LogP contribution in [0.5, 0.6) is 0 Å². The fourth-order valence-corrected chi connectivity index (χ4v) is 3.29. The van der Waals surface area contributed by atoms with Gasteiger partial charge in [-0.2, -0.15) is 0 Å². The maximum atomic E-state index is 6.05. The first-order valence-corrected chi connectivity index (χ1v) is 8.24. The molecule has 18 heavy (non-hydrogen) atoms. The predicted octanol–water partition coefficient (Wildman–Crippen LogP) is 5.32. The molecule has 1 heterocycles. The average Bonchev–Trinajstić information content (AvgIpc) is 2.89. The zero-order valence-corrected chi connectivity index (χ0v) is 13.4. The Hall–Kier alpha value is -0.510. The van der Waals surface area contributed by atoms with Crippen LogP contribution in [0.1, 0.15) is 17.4 Å². The minimum absolute atomic E-state index is 0.792. The van der Waals surface area contributed by atoms with Crippen LogP contribution < -0.4 is 4.90 Å². The Morgan fingerprint density at radius 2 is 2.17 bits per heavy atom. The van der Waals surface area contributed by atoms with Gasteiger partial charge in [-0.25, -0.2) is 0 Å². The smallest absolute Gasteiger partial charge is 0.0522 e. The fraction of sp³-hybridized carbons (Fsp3) is 0.286. The molecule has 0 aliphatic carbocycles. The molecular formula is C14H15BrClNS. The Balaban J connectivity index is 2.26. The molecule has 96 valence electrons. The van der Waals surface area contributed by atoms with Crippen molar-refractivity contribution in [1.29, 1.82) is 0 Å². The lowest BCUT2D eigenvalue weighted by molar-refractivity contribution is 0.838.